The van der Waals surface area contributed by atoms with Crippen molar-refractivity contribution in [3.63, 3.8) is 0 Å². The van der Waals surface area contributed by atoms with Crippen LogP contribution in [0.5, 0.6) is 0 Å². The van der Waals surface area contributed by atoms with Crippen molar-refractivity contribution in [2.24, 2.45) is 5.92 Å². The number of aromatic nitrogens is 3. The number of Topliss-reactive ketones (excluding diaryl/α,β-unsaturated/α-hetero) is 1. The summed E-state index contributed by atoms with van der Waals surface area (Å²) in [6.07, 6.45) is 10.8. The van der Waals surface area contributed by atoms with Gasteiger partial charge in [0.15, 0.2) is 5.82 Å². The van der Waals surface area contributed by atoms with Gasteiger partial charge in [-0.3, -0.25) is 4.79 Å². The molecule has 1 aliphatic carbocycles. The van der Waals surface area contributed by atoms with Crippen LogP contribution in [0.15, 0.2) is 6.33 Å². The maximum absolute atomic E-state index is 12.5. The average molecular weight is 249 g/mol. The molecule has 1 fully saturated rings. The van der Waals surface area contributed by atoms with Crippen LogP contribution in [0.4, 0.5) is 0 Å². The van der Waals surface area contributed by atoms with Crippen LogP contribution in [0.25, 0.3) is 0 Å². The molecule has 0 saturated heterocycles. The molecule has 0 unspecified atom stereocenters. The molecule has 1 aromatic heterocycles. The summed E-state index contributed by atoms with van der Waals surface area (Å²) < 4.78 is 1.76. The Balaban J connectivity index is 2.06. The van der Waals surface area contributed by atoms with Crippen LogP contribution in [0.2, 0.25) is 0 Å². The Morgan fingerprint density at radius 1 is 1.28 bits per heavy atom. The molecule has 4 nitrogen and oxygen atoms in total. The van der Waals surface area contributed by atoms with E-state index in [1.807, 2.05) is 0 Å². The van der Waals surface area contributed by atoms with Crippen LogP contribution in [0.3, 0.4) is 0 Å². The van der Waals surface area contributed by atoms with E-state index >= 15 is 0 Å². The van der Waals surface area contributed by atoms with E-state index in [-0.39, 0.29) is 11.7 Å². The number of aryl methyl sites for hydroxylation is 1. The lowest BCUT2D eigenvalue weighted by Crippen LogP contribution is -2.21. The van der Waals surface area contributed by atoms with Crippen LogP contribution >= 0.6 is 0 Å². The molecule has 1 heterocycles. The fourth-order valence-corrected chi connectivity index (χ4v) is 2.73. The standard InChI is InChI=1S/C14H23N3O/c1-2-10-17-14(15-11-16-17)13(18)12-8-6-4-3-5-7-9-12/h11-12H,2-10H2,1H3. The molecule has 0 radical (unpaired) electrons. The predicted octanol–water partition coefficient (Wildman–Crippen LogP) is 3.23. The first-order valence-electron chi connectivity index (χ1n) is 7.25. The van der Waals surface area contributed by atoms with Crippen molar-refractivity contribution in [1.82, 2.24) is 14.8 Å². The molecular formula is C14H23N3O. The van der Waals surface area contributed by atoms with Gasteiger partial charge in [0.25, 0.3) is 0 Å². The van der Waals surface area contributed by atoms with E-state index in [2.05, 4.69) is 17.0 Å². The molecule has 1 saturated carbocycles. The fourth-order valence-electron chi connectivity index (χ4n) is 2.73. The van der Waals surface area contributed by atoms with Gasteiger partial charge in [-0.05, 0) is 19.3 Å². The minimum atomic E-state index is 0.171. The average Bonchev–Trinajstić information content (AvgIpc) is 2.76. The van der Waals surface area contributed by atoms with E-state index in [0.29, 0.717) is 5.82 Å². The summed E-state index contributed by atoms with van der Waals surface area (Å²) in [5.74, 6) is 0.954. The normalized spacial score (nSPS) is 18.3. The summed E-state index contributed by atoms with van der Waals surface area (Å²) in [5, 5.41) is 4.15. The lowest BCUT2D eigenvalue weighted by molar-refractivity contribution is 0.0881. The Hall–Kier alpha value is -1.19. The monoisotopic (exact) mass is 249 g/mol. The molecule has 100 valence electrons. The van der Waals surface area contributed by atoms with Gasteiger partial charge in [0.05, 0.1) is 0 Å². The van der Waals surface area contributed by atoms with Crippen LogP contribution < -0.4 is 0 Å². The highest BCUT2D eigenvalue weighted by atomic mass is 16.1. The van der Waals surface area contributed by atoms with E-state index < -0.39 is 0 Å². The first-order chi connectivity index (χ1) is 8.83. The zero-order valence-corrected chi connectivity index (χ0v) is 11.3. The molecule has 1 aliphatic rings. The molecule has 0 N–H and O–H groups in total. The summed E-state index contributed by atoms with van der Waals surface area (Å²) >= 11 is 0. The highest BCUT2D eigenvalue weighted by Gasteiger charge is 2.24. The number of hydrogen-bond donors (Lipinski definition) is 0. The third kappa shape index (κ3) is 3.18. The Bertz CT molecular complexity index is 378. The molecule has 0 aromatic carbocycles. The second kappa shape index (κ2) is 6.66. The first-order valence-corrected chi connectivity index (χ1v) is 7.25. The highest BCUT2D eigenvalue weighted by molar-refractivity contribution is 5.94. The topological polar surface area (TPSA) is 47.8 Å². The van der Waals surface area contributed by atoms with Crippen molar-refractivity contribution >= 4 is 5.78 Å². The number of ketones is 1. The van der Waals surface area contributed by atoms with Crippen molar-refractivity contribution in [1.29, 1.82) is 0 Å². The van der Waals surface area contributed by atoms with Gasteiger partial charge < -0.3 is 0 Å². The van der Waals surface area contributed by atoms with Gasteiger partial charge in [-0.25, -0.2) is 9.67 Å². The van der Waals surface area contributed by atoms with Gasteiger partial charge in [0.1, 0.15) is 6.33 Å². The van der Waals surface area contributed by atoms with Crippen LogP contribution in [0.1, 0.15) is 68.9 Å². The Morgan fingerprint density at radius 2 is 1.94 bits per heavy atom. The second-order valence-electron chi connectivity index (χ2n) is 5.21. The highest BCUT2D eigenvalue weighted by Crippen LogP contribution is 2.24. The lowest BCUT2D eigenvalue weighted by atomic mass is 9.88. The largest absolute Gasteiger partial charge is 0.290 e. The Kier molecular flexibility index (Phi) is 4.90. The van der Waals surface area contributed by atoms with Gasteiger partial charge in [0.2, 0.25) is 5.78 Å². The minimum Gasteiger partial charge on any atom is -0.290 e. The zero-order valence-electron chi connectivity index (χ0n) is 11.3. The molecule has 0 spiro atoms. The number of hydrogen-bond acceptors (Lipinski definition) is 3. The third-order valence-corrected chi connectivity index (χ3v) is 3.75. The number of nitrogens with zero attached hydrogens (tertiary/aromatic N) is 3. The molecule has 2 rings (SSSR count). The predicted molar refractivity (Wildman–Crippen MR) is 70.5 cm³/mol. The van der Waals surface area contributed by atoms with Crippen molar-refractivity contribution in [3.05, 3.63) is 12.2 Å². The molecule has 1 aromatic rings. The molecule has 0 atom stereocenters. The molecule has 18 heavy (non-hydrogen) atoms. The quantitative estimate of drug-likeness (QED) is 0.770. The summed E-state index contributed by atoms with van der Waals surface area (Å²) in [6.45, 7) is 2.87. The number of carbonyl (C=O) groups is 1. The summed E-state index contributed by atoms with van der Waals surface area (Å²) in [5.41, 5.74) is 0. The van der Waals surface area contributed by atoms with Gasteiger partial charge in [-0.1, -0.05) is 39.0 Å². The molecule has 0 amide bonds. The number of rotatable bonds is 4. The van der Waals surface area contributed by atoms with E-state index in [9.17, 15) is 4.79 Å². The van der Waals surface area contributed by atoms with Gasteiger partial charge in [0, 0.05) is 12.5 Å². The smallest absolute Gasteiger partial charge is 0.202 e. The summed E-state index contributed by atoms with van der Waals surface area (Å²) in [7, 11) is 0. The number of carbonyl (C=O) groups excluding carboxylic acids is 1. The first kappa shape index (κ1) is 13.2. The van der Waals surface area contributed by atoms with Crippen LogP contribution in [-0.4, -0.2) is 20.5 Å². The van der Waals surface area contributed by atoms with Crippen molar-refractivity contribution < 1.29 is 4.79 Å². The van der Waals surface area contributed by atoms with E-state index in [1.54, 1.807) is 4.68 Å². The van der Waals surface area contributed by atoms with Crippen molar-refractivity contribution in [2.45, 2.75) is 64.8 Å². The van der Waals surface area contributed by atoms with E-state index in [0.717, 1.165) is 25.8 Å². The summed E-state index contributed by atoms with van der Waals surface area (Å²) in [6, 6.07) is 0. The maximum atomic E-state index is 12.5. The van der Waals surface area contributed by atoms with Gasteiger partial charge >= 0.3 is 0 Å². The lowest BCUT2D eigenvalue weighted by Gasteiger charge is -2.18. The molecule has 4 heteroatoms. The second-order valence-corrected chi connectivity index (χ2v) is 5.21. The van der Waals surface area contributed by atoms with E-state index in [4.69, 9.17) is 0 Å². The van der Waals surface area contributed by atoms with Crippen molar-refractivity contribution in [2.75, 3.05) is 0 Å². The SMILES string of the molecule is CCCn1ncnc1C(=O)C1CCCCCCC1. The third-order valence-electron chi connectivity index (χ3n) is 3.75. The molecule has 0 aliphatic heterocycles. The minimum absolute atomic E-state index is 0.171. The Labute approximate surface area is 109 Å². The van der Waals surface area contributed by atoms with E-state index in [1.165, 1.54) is 38.4 Å². The Morgan fingerprint density at radius 3 is 2.61 bits per heavy atom. The van der Waals surface area contributed by atoms with Crippen molar-refractivity contribution in [3.8, 4) is 0 Å². The van der Waals surface area contributed by atoms with Gasteiger partial charge in [-0.15, -0.1) is 0 Å². The zero-order chi connectivity index (χ0) is 12.8. The van der Waals surface area contributed by atoms with Crippen LogP contribution in [0, 0.1) is 5.92 Å². The molecule has 0 bridgehead atoms. The summed E-state index contributed by atoms with van der Waals surface area (Å²) in [4.78, 5) is 16.7. The maximum Gasteiger partial charge on any atom is 0.202 e. The van der Waals surface area contributed by atoms with Gasteiger partial charge in [-0.2, -0.15) is 5.10 Å². The van der Waals surface area contributed by atoms with Crippen LogP contribution in [-0.2, 0) is 6.54 Å². The molecular weight excluding hydrogens is 226 g/mol. The fraction of sp³-hybridized carbons (Fsp3) is 0.786.